The number of ether oxygens (including phenoxy) is 2. The summed E-state index contributed by atoms with van der Waals surface area (Å²) in [6, 6.07) is 8.67. The van der Waals surface area contributed by atoms with Crippen LogP contribution in [0.5, 0.6) is 5.75 Å². The maximum absolute atomic E-state index is 12.0. The van der Waals surface area contributed by atoms with Crippen molar-refractivity contribution in [1.82, 2.24) is 10.6 Å². The second kappa shape index (κ2) is 10.3. The van der Waals surface area contributed by atoms with Crippen molar-refractivity contribution in [2.24, 2.45) is 0 Å². The Morgan fingerprint density at radius 3 is 2.79 bits per heavy atom. The van der Waals surface area contributed by atoms with E-state index in [1.807, 2.05) is 12.1 Å². The van der Waals surface area contributed by atoms with Gasteiger partial charge in [0.05, 0.1) is 13.2 Å². The van der Waals surface area contributed by atoms with Gasteiger partial charge in [-0.3, -0.25) is 4.79 Å². The van der Waals surface area contributed by atoms with Crippen LogP contribution in [0.15, 0.2) is 24.3 Å². The molecule has 5 nitrogen and oxygen atoms in total. The summed E-state index contributed by atoms with van der Waals surface area (Å²) in [5.74, 6) is 0.968. The molecule has 2 rings (SSSR count). The number of hydrogen-bond acceptors (Lipinski definition) is 4. The smallest absolute Gasteiger partial charge is 0.220 e. The van der Waals surface area contributed by atoms with Gasteiger partial charge in [-0.15, -0.1) is 0 Å². The number of nitrogens with one attached hydrogen (secondary N) is 2. The molecule has 2 atom stereocenters. The molecular weight excluding hydrogens is 304 g/mol. The summed E-state index contributed by atoms with van der Waals surface area (Å²) in [5.41, 5.74) is 1.23. The largest absolute Gasteiger partial charge is 0.494 e. The van der Waals surface area contributed by atoms with Gasteiger partial charge in [-0.2, -0.15) is 0 Å². The molecule has 1 heterocycles. The predicted molar refractivity (Wildman–Crippen MR) is 95.4 cm³/mol. The van der Waals surface area contributed by atoms with Crippen LogP contribution in [-0.2, 0) is 16.0 Å². The molecule has 0 aliphatic carbocycles. The Labute approximate surface area is 145 Å². The molecule has 1 aromatic rings. The third-order valence-corrected chi connectivity index (χ3v) is 4.44. The van der Waals surface area contributed by atoms with Gasteiger partial charge in [-0.05, 0) is 56.8 Å². The molecule has 5 heteroatoms. The van der Waals surface area contributed by atoms with Gasteiger partial charge in [0, 0.05) is 25.6 Å². The van der Waals surface area contributed by atoms with Crippen molar-refractivity contribution < 1.29 is 14.3 Å². The molecule has 1 aliphatic rings. The normalized spacial score (nSPS) is 20.6. The van der Waals surface area contributed by atoms with Gasteiger partial charge in [-0.25, -0.2) is 0 Å². The standard InChI is InChI=1S/C19H30N2O3/c1-15-18(5-3-12-20-15)21-19(22)6-4-13-24-17-9-7-16(8-10-17)11-14-23-2/h7-10,15,18,20H,3-6,11-14H2,1-2H3,(H,21,22). The number of hydrogen-bond donors (Lipinski definition) is 2. The molecule has 24 heavy (non-hydrogen) atoms. The van der Waals surface area contributed by atoms with Gasteiger partial charge >= 0.3 is 0 Å². The summed E-state index contributed by atoms with van der Waals surface area (Å²) in [7, 11) is 1.71. The lowest BCUT2D eigenvalue weighted by molar-refractivity contribution is -0.122. The molecule has 1 fully saturated rings. The van der Waals surface area contributed by atoms with Crippen LogP contribution < -0.4 is 15.4 Å². The quantitative estimate of drug-likeness (QED) is 0.680. The molecule has 1 amide bonds. The first-order valence-electron chi connectivity index (χ1n) is 8.92. The van der Waals surface area contributed by atoms with Gasteiger partial charge in [0.1, 0.15) is 5.75 Å². The Bertz CT molecular complexity index is 490. The lowest BCUT2D eigenvalue weighted by atomic mass is 10.00. The molecule has 0 bridgehead atoms. The second-order valence-corrected chi connectivity index (χ2v) is 6.40. The number of amides is 1. The van der Waals surface area contributed by atoms with Crippen molar-refractivity contribution in [3.8, 4) is 5.75 Å². The summed E-state index contributed by atoms with van der Waals surface area (Å²) in [6.45, 7) is 4.46. The minimum atomic E-state index is 0.120. The predicted octanol–water partition coefficient (Wildman–Crippen LogP) is 2.29. The third kappa shape index (κ3) is 6.49. The fourth-order valence-electron chi connectivity index (χ4n) is 2.92. The maximum atomic E-state index is 12.0. The zero-order chi connectivity index (χ0) is 17.2. The zero-order valence-corrected chi connectivity index (χ0v) is 14.8. The molecule has 1 saturated heterocycles. The van der Waals surface area contributed by atoms with E-state index < -0.39 is 0 Å². The van der Waals surface area contributed by atoms with Crippen molar-refractivity contribution in [2.75, 3.05) is 26.9 Å². The Morgan fingerprint density at radius 2 is 2.08 bits per heavy atom. The van der Waals surface area contributed by atoms with Gasteiger partial charge in [-0.1, -0.05) is 12.1 Å². The lowest BCUT2D eigenvalue weighted by Gasteiger charge is -2.30. The van der Waals surface area contributed by atoms with Crippen LogP contribution in [0.2, 0.25) is 0 Å². The summed E-state index contributed by atoms with van der Waals surface area (Å²) < 4.78 is 10.8. The van der Waals surface area contributed by atoms with Crippen LogP contribution in [0.4, 0.5) is 0 Å². The number of carbonyl (C=O) groups excluding carboxylic acids is 1. The average molecular weight is 334 g/mol. The first kappa shape index (κ1) is 18.7. The molecule has 1 aromatic carbocycles. The van der Waals surface area contributed by atoms with Crippen LogP contribution in [0.3, 0.4) is 0 Å². The highest BCUT2D eigenvalue weighted by molar-refractivity contribution is 5.76. The number of rotatable bonds is 9. The van der Waals surface area contributed by atoms with Crippen molar-refractivity contribution >= 4 is 5.91 Å². The lowest BCUT2D eigenvalue weighted by Crippen LogP contribution is -2.51. The van der Waals surface area contributed by atoms with E-state index in [-0.39, 0.29) is 11.9 Å². The van der Waals surface area contributed by atoms with Crippen LogP contribution in [-0.4, -0.2) is 44.9 Å². The fourth-order valence-corrected chi connectivity index (χ4v) is 2.92. The highest BCUT2D eigenvalue weighted by Crippen LogP contribution is 2.13. The Morgan fingerprint density at radius 1 is 1.29 bits per heavy atom. The zero-order valence-electron chi connectivity index (χ0n) is 14.8. The van der Waals surface area contributed by atoms with Crippen LogP contribution in [0.1, 0.15) is 38.2 Å². The Hall–Kier alpha value is -1.59. The molecule has 2 N–H and O–H groups in total. The van der Waals surface area contributed by atoms with Crippen molar-refractivity contribution in [1.29, 1.82) is 0 Å². The third-order valence-electron chi connectivity index (χ3n) is 4.44. The first-order valence-corrected chi connectivity index (χ1v) is 8.92. The van der Waals surface area contributed by atoms with E-state index in [0.29, 0.717) is 19.1 Å². The Balaban J connectivity index is 1.60. The van der Waals surface area contributed by atoms with Crippen molar-refractivity contribution in [2.45, 2.75) is 51.1 Å². The highest BCUT2D eigenvalue weighted by Gasteiger charge is 2.21. The van der Waals surface area contributed by atoms with Crippen LogP contribution in [0, 0.1) is 0 Å². The molecule has 2 unspecified atom stereocenters. The fraction of sp³-hybridized carbons (Fsp3) is 0.632. The first-order chi connectivity index (χ1) is 11.7. The van der Waals surface area contributed by atoms with E-state index in [4.69, 9.17) is 9.47 Å². The van der Waals surface area contributed by atoms with Gasteiger partial charge < -0.3 is 20.1 Å². The molecule has 0 saturated carbocycles. The molecule has 0 spiro atoms. The van der Waals surface area contributed by atoms with E-state index in [1.165, 1.54) is 5.56 Å². The summed E-state index contributed by atoms with van der Waals surface area (Å²) in [4.78, 5) is 12.0. The second-order valence-electron chi connectivity index (χ2n) is 6.40. The number of carbonyl (C=O) groups is 1. The maximum Gasteiger partial charge on any atom is 0.220 e. The SMILES string of the molecule is COCCc1ccc(OCCCC(=O)NC2CCCNC2C)cc1. The van der Waals surface area contributed by atoms with Crippen LogP contribution in [0.25, 0.3) is 0 Å². The topological polar surface area (TPSA) is 59.6 Å². The number of benzene rings is 1. The van der Waals surface area contributed by atoms with E-state index in [0.717, 1.165) is 44.6 Å². The van der Waals surface area contributed by atoms with Crippen molar-refractivity contribution in [3.05, 3.63) is 29.8 Å². The summed E-state index contributed by atoms with van der Waals surface area (Å²) in [6.07, 6.45) is 4.33. The van der Waals surface area contributed by atoms with Crippen LogP contribution >= 0.6 is 0 Å². The summed E-state index contributed by atoms with van der Waals surface area (Å²) >= 11 is 0. The van der Waals surface area contributed by atoms with E-state index >= 15 is 0 Å². The van der Waals surface area contributed by atoms with E-state index in [9.17, 15) is 4.79 Å². The molecule has 1 aliphatic heterocycles. The van der Waals surface area contributed by atoms with E-state index in [1.54, 1.807) is 7.11 Å². The highest BCUT2D eigenvalue weighted by atomic mass is 16.5. The average Bonchev–Trinajstić information content (AvgIpc) is 2.60. The summed E-state index contributed by atoms with van der Waals surface area (Å²) in [5, 5.41) is 6.52. The van der Waals surface area contributed by atoms with Gasteiger partial charge in [0.2, 0.25) is 5.91 Å². The molecule has 0 aromatic heterocycles. The number of piperidine rings is 1. The minimum Gasteiger partial charge on any atom is -0.494 e. The van der Waals surface area contributed by atoms with E-state index in [2.05, 4.69) is 29.7 Å². The Kier molecular flexibility index (Phi) is 8.05. The molecule has 134 valence electrons. The minimum absolute atomic E-state index is 0.120. The molecular formula is C19H30N2O3. The van der Waals surface area contributed by atoms with Crippen molar-refractivity contribution in [3.63, 3.8) is 0 Å². The monoisotopic (exact) mass is 334 g/mol. The molecule has 0 radical (unpaired) electrons. The van der Waals surface area contributed by atoms with Gasteiger partial charge in [0.15, 0.2) is 0 Å². The van der Waals surface area contributed by atoms with Gasteiger partial charge in [0.25, 0.3) is 0 Å². The number of methoxy groups -OCH3 is 1.